The highest BCUT2D eigenvalue weighted by Gasteiger charge is 2.06. The normalized spacial score (nSPS) is 10.8. The number of amides is 1. The smallest absolute Gasteiger partial charge is 0.251 e. The summed E-state index contributed by atoms with van der Waals surface area (Å²) in [4.78, 5) is 12.2. The first-order valence-electron chi connectivity index (χ1n) is 8.52. The molecule has 0 aliphatic carbocycles. The molecule has 5 nitrogen and oxygen atoms in total. The van der Waals surface area contributed by atoms with E-state index in [0.29, 0.717) is 18.7 Å². The summed E-state index contributed by atoms with van der Waals surface area (Å²) in [6.07, 6.45) is 3.35. The number of nitrogens with one attached hydrogen (secondary N) is 1. The molecule has 1 aromatic carbocycles. The van der Waals surface area contributed by atoms with E-state index in [9.17, 15) is 4.79 Å². The van der Waals surface area contributed by atoms with Crippen LogP contribution in [0.25, 0.3) is 0 Å². The van der Waals surface area contributed by atoms with Crippen molar-refractivity contribution in [1.82, 2.24) is 15.1 Å². The number of nitrogens with zero attached hydrogens (tertiary/aromatic N) is 2. The lowest BCUT2D eigenvalue weighted by molar-refractivity contribution is 0.0953. The van der Waals surface area contributed by atoms with Crippen molar-refractivity contribution in [2.45, 2.75) is 33.2 Å². The van der Waals surface area contributed by atoms with Crippen molar-refractivity contribution in [3.63, 3.8) is 0 Å². The summed E-state index contributed by atoms with van der Waals surface area (Å²) in [5.41, 5.74) is 3.95. The summed E-state index contributed by atoms with van der Waals surface area (Å²) in [5, 5.41) is 7.41. The molecule has 1 N–H and O–H groups in total. The van der Waals surface area contributed by atoms with Gasteiger partial charge in [0, 0.05) is 24.2 Å². The quantitative estimate of drug-likeness (QED) is 0.671. The minimum Gasteiger partial charge on any atom is -0.469 e. The topological polar surface area (TPSA) is 60.1 Å². The van der Waals surface area contributed by atoms with Crippen molar-refractivity contribution in [2.24, 2.45) is 0 Å². The molecule has 0 aliphatic rings. The first-order chi connectivity index (χ1) is 12.1. The van der Waals surface area contributed by atoms with Crippen LogP contribution in [0.15, 0.2) is 53.1 Å². The third kappa shape index (κ3) is 4.59. The average Bonchev–Trinajstić information content (AvgIpc) is 3.22. The summed E-state index contributed by atoms with van der Waals surface area (Å²) < 4.78 is 7.25. The Hall–Kier alpha value is -2.82. The zero-order valence-corrected chi connectivity index (χ0v) is 14.7. The Morgan fingerprint density at radius 2 is 2.00 bits per heavy atom. The maximum absolute atomic E-state index is 12.2. The van der Waals surface area contributed by atoms with Crippen molar-refractivity contribution in [3.8, 4) is 0 Å². The summed E-state index contributed by atoms with van der Waals surface area (Å²) in [6.45, 7) is 5.38. The maximum atomic E-state index is 12.2. The van der Waals surface area contributed by atoms with Crippen molar-refractivity contribution in [2.75, 3.05) is 6.54 Å². The highest BCUT2D eigenvalue weighted by molar-refractivity contribution is 5.94. The first-order valence-corrected chi connectivity index (χ1v) is 8.52. The van der Waals surface area contributed by atoms with E-state index in [0.717, 1.165) is 35.6 Å². The van der Waals surface area contributed by atoms with E-state index >= 15 is 0 Å². The van der Waals surface area contributed by atoms with Gasteiger partial charge in [0.05, 0.1) is 18.5 Å². The van der Waals surface area contributed by atoms with Crippen molar-refractivity contribution < 1.29 is 9.21 Å². The highest BCUT2D eigenvalue weighted by Crippen LogP contribution is 2.09. The molecule has 25 heavy (non-hydrogen) atoms. The molecule has 0 aliphatic heterocycles. The van der Waals surface area contributed by atoms with Crippen molar-refractivity contribution in [3.05, 3.63) is 77.0 Å². The Morgan fingerprint density at radius 1 is 1.20 bits per heavy atom. The van der Waals surface area contributed by atoms with Crippen LogP contribution >= 0.6 is 0 Å². The molecule has 1 amide bonds. The van der Waals surface area contributed by atoms with Crippen LogP contribution in [0, 0.1) is 13.8 Å². The van der Waals surface area contributed by atoms with Crippen LogP contribution in [0.3, 0.4) is 0 Å². The van der Waals surface area contributed by atoms with Crippen LogP contribution in [0.5, 0.6) is 0 Å². The molecule has 0 radical (unpaired) electrons. The number of hydrogen-bond acceptors (Lipinski definition) is 3. The molecule has 0 spiro atoms. The predicted octanol–water partition coefficient (Wildman–Crippen LogP) is 3.50. The Kier molecular flexibility index (Phi) is 5.33. The molecule has 0 saturated carbocycles. The fourth-order valence-corrected chi connectivity index (χ4v) is 2.79. The summed E-state index contributed by atoms with van der Waals surface area (Å²) in [6, 6.07) is 13.6. The first kappa shape index (κ1) is 17.0. The highest BCUT2D eigenvalue weighted by atomic mass is 16.3. The van der Waals surface area contributed by atoms with Crippen LogP contribution in [0.4, 0.5) is 0 Å². The molecule has 3 aromatic rings. The summed E-state index contributed by atoms with van der Waals surface area (Å²) in [7, 11) is 0. The second kappa shape index (κ2) is 7.83. The molecule has 3 rings (SSSR count). The number of furan rings is 1. The van der Waals surface area contributed by atoms with Gasteiger partial charge in [0.2, 0.25) is 0 Å². The number of hydrogen-bond donors (Lipinski definition) is 1. The van der Waals surface area contributed by atoms with E-state index in [1.54, 1.807) is 6.26 Å². The van der Waals surface area contributed by atoms with Gasteiger partial charge in [-0.3, -0.25) is 9.48 Å². The minimum atomic E-state index is -0.0443. The van der Waals surface area contributed by atoms with Gasteiger partial charge < -0.3 is 9.73 Å². The van der Waals surface area contributed by atoms with Crippen LogP contribution in [0.1, 0.15) is 39.5 Å². The molecule has 2 aromatic heterocycles. The Bertz CT molecular complexity index is 817. The fraction of sp³-hybridized carbons (Fsp3) is 0.300. The van der Waals surface area contributed by atoms with E-state index in [2.05, 4.69) is 16.5 Å². The third-order valence-corrected chi connectivity index (χ3v) is 4.12. The molecule has 0 saturated heterocycles. The summed E-state index contributed by atoms with van der Waals surface area (Å²) in [5.74, 6) is 0.903. The third-order valence-electron chi connectivity index (χ3n) is 4.12. The lowest BCUT2D eigenvalue weighted by atomic mass is 10.1. The second-order valence-electron chi connectivity index (χ2n) is 6.22. The lowest BCUT2D eigenvalue weighted by Crippen LogP contribution is -2.24. The van der Waals surface area contributed by atoms with E-state index in [1.165, 1.54) is 0 Å². The number of carbonyl (C=O) groups excluding carboxylic acids is 1. The van der Waals surface area contributed by atoms with E-state index in [-0.39, 0.29) is 5.91 Å². The number of aryl methyl sites for hydroxylation is 3. The molecular weight excluding hydrogens is 314 g/mol. The Labute approximate surface area is 147 Å². The molecule has 2 heterocycles. The molecule has 130 valence electrons. The molecule has 0 unspecified atom stereocenters. The van der Waals surface area contributed by atoms with Gasteiger partial charge in [-0.1, -0.05) is 12.1 Å². The number of benzene rings is 1. The molecular formula is C20H23N3O2. The van der Waals surface area contributed by atoms with Gasteiger partial charge in [-0.2, -0.15) is 5.10 Å². The number of rotatable bonds is 7. The van der Waals surface area contributed by atoms with Gasteiger partial charge >= 0.3 is 0 Å². The van der Waals surface area contributed by atoms with E-state index in [4.69, 9.17) is 4.42 Å². The van der Waals surface area contributed by atoms with Gasteiger partial charge in [0.15, 0.2) is 0 Å². The fourth-order valence-electron chi connectivity index (χ4n) is 2.79. The molecule has 5 heteroatoms. The van der Waals surface area contributed by atoms with Crippen molar-refractivity contribution >= 4 is 5.91 Å². The maximum Gasteiger partial charge on any atom is 0.251 e. The van der Waals surface area contributed by atoms with Gasteiger partial charge in [-0.05, 0) is 56.2 Å². The van der Waals surface area contributed by atoms with E-state index < -0.39 is 0 Å². The monoisotopic (exact) mass is 337 g/mol. The predicted molar refractivity (Wildman–Crippen MR) is 96.6 cm³/mol. The Balaban J connectivity index is 1.49. The zero-order chi connectivity index (χ0) is 17.6. The van der Waals surface area contributed by atoms with Crippen molar-refractivity contribution in [1.29, 1.82) is 0 Å². The minimum absolute atomic E-state index is 0.0443. The van der Waals surface area contributed by atoms with E-state index in [1.807, 2.05) is 54.9 Å². The number of carbonyl (C=O) groups is 1. The van der Waals surface area contributed by atoms with Gasteiger partial charge in [-0.25, -0.2) is 0 Å². The van der Waals surface area contributed by atoms with Crippen LogP contribution in [0.2, 0.25) is 0 Å². The van der Waals surface area contributed by atoms with Gasteiger partial charge in [0.1, 0.15) is 5.76 Å². The largest absolute Gasteiger partial charge is 0.469 e. The van der Waals surface area contributed by atoms with Gasteiger partial charge in [0.25, 0.3) is 5.91 Å². The lowest BCUT2D eigenvalue weighted by Gasteiger charge is -2.07. The second-order valence-corrected chi connectivity index (χ2v) is 6.22. The van der Waals surface area contributed by atoms with Gasteiger partial charge in [-0.15, -0.1) is 0 Å². The van der Waals surface area contributed by atoms with Crippen LogP contribution < -0.4 is 5.32 Å². The summed E-state index contributed by atoms with van der Waals surface area (Å²) >= 11 is 0. The average molecular weight is 337 g/mol. The SMILES string of the molecule is Cc1cc(C)n(Cc2ccc(C(=O)NCCCc3ccco3)cc2)n1. The number of aromatic nitrogens is 2. The molecule has 0 fully saturated rings. The standard InChI is InChI=1S/C20H23N3O2/c1-15-13-16(2)23(22-15)14-17-7-9-18(10-8-17)20(24)21-11-3-5-19-6-4-12-25-19/h4,6-10,12-13H,3,5,11,14H2,1-2H3,(H,21,24). The Morgan fingerprint density at radius 3 is 2.64 bits per heavy atom. The molecule has 0 atom stereocenters. The zero-order valence-electron chi connectivity index (χ0n) is 14.7. The van der Waals surface area contributed by atoms with Crippen LogP contribution in [-0.4, -0.2) is 22.2 Å². The van der Waals surface area contributed by atoms with Crippen LogP contribution in [-0.2, 0) is 13.0 Å². The molecule has 0 bridgehead atoms.